The molecule has 28 heavy (non-hydrogen) atoms. The van der Waals surface area contributed by atoms with Crippen LogP contribution in [0.4, 0.5) is 11.4 Å². The molecular weight excluding hydrogens is 384 g/mol. The summed E-state index contributed by atoms with van der Waals surface area (Å²) in [6.45, 7) is 0. The molecule has 0 amide bonds. The summed E-state index contributed by atoms with van der Waals surface area (Å²) in [5, 5.41) is 28.3. The minimum Gasteiger partial charge on any atom is -0.390 e. The van der Waals surface area contributed by atoms with E-state index in [-0.39, 0.29) is 10.7 Å². The second-order valence-electron chi connectivity index (χ2n) is 6.45. The van der Waals surface area contributed by atoms with Crippen LogP contribution in [0, 0.1) is 10.1 Å². The number of nitrogens with one attached hydrogen (secondary N) is 1. The van der Waals surface area contributed by atoms with Gasteiger partial charge in [-0.25, -0.2) is 0 Å². The van der Waals surface area contributed by atoms with Crippen LogP contribution >= 0.6 is 11.6 Å². The number of nitrogens with zero attached hydrogens (tertiary/aromatic N) is 3. The predicted molar refractivity (Wildman–Crippen MR) is 104 cm³/mol. The van der Waals surface area contributed by atoms with Gasteiger partial charge in [0.25, 0.3) is 11.2 Å². The summed E-state index contributed by atoms with van der Waals surface area (Å²) in [5.41, 5.74) is 2.00. The molecule has 0 spiro atoms. The fourth-order valence-electron chi connectivity index (χ4n) is 3.35. The van der Waals surface area contributed by atoms with Crippen molar-refractivity contribution in [2.45, 2.75) is 18.6 Å². The molecule has 2 N–H and O–H groups in total. The average Bonchev–Trinajstić information content (AvgIpc) is 3.01. The summed E-state index contributed by atoms with van der Waals surface area (Å²) in [4.78, 5) is 22.9. The quantitative estimate of drug-likeness (QED) is 0.516. The number of fused-ring (bicyclic) bond motifs is 1. The van der Waals surface area contributed by atoms with Crippen molar-refractivity contribution in [3.8, 4) is 5.69 Å². The zero-order valence-electron chi connectivity index (χ0n) is 14.4. The van der Waals surface area contributed by atoms with Crippen LogP contribution in [0.2, 0.25) is 5.02 Å². The van der Waals surface area contributed by atoms with Crippen LogP contribution < -0.4 is 10.9 Å². The van der Waals surface area contributed by atoms with Crippen molar-refractivity contribution in [1.82, 2.24) is 9.78 Å². The van der Waals surface area contributed by atoms with Crippen molar-refractivity contribution in [2.24, 2.45) is 0 Å². The molecule has 0 fully saturated rings. The Balaban J connectivity index is 1.65. The van der Waals surface area contributed by atoms with Gasteiger partial charge in [-0.15, -0.1) is 0 Å². The Hall–Kier alpha value is -3.23. The number of anilines is 1. The van der Waals surface area contributed by atoms with E-state index >= 15 is 0 Å². The molecule has 0 radical (unpaired) electrons. The Morgan fingerprint density at radius 2 is 1.93 bits per heavy atom. The third kappa shape index (κ3) is 3.12. The lowest BCUT2D eigenvalue weighted by atomic mass is 10.1. The Bertz CT molecular complexity index is 1110. The van der Waals surface area contributed by atoms with Gasteiger partial charge in [-0.05, 0) is 23.3 Å². The molecule has 142 valence electrons. The molecule has 9 heteroatoms. The van der Waals surface area contributed by atoms with E-state index in [2.05, 4.69) is 10.4 Å². The molecule has 4 rings (SSSR count). The van der Waals surface area contributed by atoms with Gasteiger partial charge in [0.15, 0.2) is 0 Å². The molecule has 0 saturated carbocycles. The lowest BCUT2D eigenvalue weighted by Gasteiger charge is -2.20. The molecule has 1 aliphatic rings. The van der Waals surface area contributed by atoms with Gasteiger partial charge < -0.3 is 10.4 Å². The second-order valence-corrected chi connectivity index (χ2v) is 6.83. The Labute approximate surface area is 164 Å². The number of hydrogen-bond donors (Lipinski definition) is 2. The van der Waals surface area contributed by atoms with E-state index < -0.39 is 22.6 Å². The highest BCUT2D eigenvalue weighted by atomic mass is 35.5. The van der Waals surface area contributed by atoms with Crippen molar-refractivity contribution in [1.29, 1.82) is 0 Å². The molecule has 2 aromatic carbocycles. The van der Waals surface area contributed by atoms with Gasteiger partial charge in [-0.1, -0.05) is 35.9 Å². The fraction of sp³-hybridized carbons (Fsp3) is 0.158. The summed E-state index contributed by atoms with van der Waals surface area (Å²) in [5.74, 6) is 0. The summed E-state index contributed by atoms with van der Waals surface area (Å²) in [6.07, 6.45) is 1.27. The van der Waals surface area contributed by atoms with E-state index in [9.17, 15) is 20.0 Å². The van der Waals surface area contributed by atoms with Gasteiger partial charge in [-0.3, -0.25) is 14.9 Å². The second kappa shape index (κ2) is 7.06. The zero-order valence-corrected chi connectivity index (χ0v) is 15.2. The Morgan fingerprint density at radius 3 is 2.64 bits per heavy atom. The van der Waals surface area contributed by atoms with Crippen molar-refractivity contribution >= 4 is 23.0 Å². The maximum Gasteiger partial charge on any atom is 0.292 e. The maximum absolute atomic E-state index is 12.6. The minimum atomic E-state index is -0.648. The number of benzene rings is 2. The highest BCUT2D eigenvalue weighted by Crippen LogP contribution is 2.35. The molecule has 1 heterocycles. The highest BCUT2D eigenvalue weighted by Gasteiger charge is 2.31. The number of aliphatic hydroxyl groups is 1. The Morgan fingerprint density at radius 1 is 1.21 bits per heavy atom. The molecular formula is C19H15ClN4O4. The Kier molecular flexibility index (Phi) is 4.58. The first-order valence-electron chi connectivity index (χ1n) is 8.51. The minimum absolute atomic E-state index is 0.0788. The van der Waals surface area contributed by atoms with Gasteiger partial charge in [0, 0.05) is 18.6 Å². The number of aliphatic hydroxyl groups excluding tert-OH is 1. The van der Waals surface area contributed by atoms with Gasteiger partial charge >= 0.3 is 0 Å². The van der Waals surface area contributed by atoms with Crippen LogP contribution in [0.5, 0.6) is 0 Å². The standard InChI is InChI=1S/C19H15ClN4O4/c20-17-15(22-18-14-4-2-1-3-11(14)9-16(18)25)10-21-23(19(17)26)12-5-7-13(8-6-12)24(27)28/h1-8,10,16,18,22,25H,9H2/t16-,18+/m1/s1. The molecule has 8 nitrogen and oxygen atoms in total. The first-order valence-corrected chi connectivity index (χ1v) is 8.88. The lowest BCUT2D eigenvalue weighted by Crippen LogP contribution is -2.26. The number of hydrogen-bond acceptors (Lipinski definition) is 6. The van der Waals surface area contributed by atoms with Crippen LogP contribution in [0.25, 0.3) is 5.69 Å². The van der Waals surface area contributed by atoms with Crippen molar-refractivity contribution in [2.75, 3.05) is 5.32 Å². The van der Waals surface area contributed by atoms with E-state index in [4.69, 9.17) is 11.6 Å². The predicted octanol–water partition coefficient (Wildman–Crippen LogP) is 2.86. The van der Waals surface area contributed by atoms with Crippen LogP contribution in [0.3, 0.4) is 0 Å². The molecule has 0 unspecified atom stereocenters. The van der Waals surface area contributed by atoms with Crippen molar-refractivity contribution in [3.05, 3.63) is 91.3 Å². The molecule has 3 aromatic rings. The van der Waals surface area contributed by atoms with E-state index in [0.717, 1.165) is 15.8 Å². The topological polar surface area (TPSA) is 110 Å². The third-order valence-corrected chi connectivity index (χ3v) is 5.10. The molecule has 0 aliphatic heterocycles. The lowest BCUT2D eigenvalue weighted by molar-refractivity contribution is -0.384. The molecule has 2 atom stereocenters. The maximum atomic E-state index is 12.6. The molecule has 0 saturated heterocycles. The largest absolute Gasteiger partial charge is 0.390 e. The molecule has 1 aromatic heterocycles. The van der Waals surface area contributed by atoms with Crippen molar-refractivity contribution in [3.63, 3.8) is 0 Å². The normalized spacial score (nSPS) is 17.9. The van der Waals surface area contributed by atoms with Gasteiger partial charge in [0.2, 0.25) is 0 Å². The highest BCUT2D eigenvalue weighted by molar-refractivity contribution is 6.33. The first kappa shape index (κ1) is 18.1. The number of non-ortho nitro benzene ring substituents is 1. The van der Waals surface area contributed by atoms with Crippen LogP contribution in [-0.2, 0) is 6.42 Å². The van der Waals surface area contributed by atoms with E-state index in [1.165, 1.54) is 30.5 Å². The van der Waals surface area contributed by atoms with Crippen LogP contribution in [0.15, 0.2) is 59.5 Å². The van der Waals surface area contributed by atoms with Gasteiger partial charge in [0.1, 0.15) is 5.02 Å². The summed E-state index contributed by atoms with van der Waals surface area (Å²) >= 11 is 6.26. The number of rotatable bonds is 4. The fourth-order valence-corrected chi connectivity index (χ4v) is 3.53. The number of aromatic nitrogens is 2. The molecule has 0 bridgehead atoms. The van der Waals surface area contributed by atoms with E-state index in [1.807, 2.05) is 24.3 Å². The van der Waals surface area contributed by atoms with Crippen molar-refractivity contribution < 1.29 is 10.0 Å². The van der Waals surface area contributed by atoms with Crippen LogP contribution in [-0.4, -0.2) is 25.9 Å². The molecule has 1 aliphatic carbocycles. The smallest absolute Gasteiger partial charge is 0.292 e. The third-order valence-electron chi connectivity index (χ3n) is 4.74. The average molecular weight is 399 g/mol. The van der Waals surface area contributed by atoms with E-state index in [0.29, 0.717) is 17.8 Å². The summed E-state index contributed by atoms with van der Waals surface area (Å²) in [7, 11) is 0. The SMILES string of the molecule is O=c1c(Cl)c(N[C@H]2c3ccccc3C[C@H]2O)cnn1-c1ccc([N+](=O)[O-])cc1. The number of halogens is 1. The van der Waals surface area contributed by atoms with Crippen LogP contribution in [0.1, 0.15) is 17.2 Å². The zero-order chi connectivity index (χ0) is 19.8. The van der Waals surface area contributed by atoms with E-state index in [1.54, 1.807) is 0 Å². The monoisotopic (exact) mass is 398 g/mol. The van der Waals surface area contributed by atoms with Gasteiger partial charge in [-0.2, -0.15) is 9.78 Å². The summed E-state index contributed by atoms with van der Waals surface area (Å²) in [6, 6.07) is 12.7. The number of nitro benzene ring substituents is 1. The summed E-state index contributed by atoms with van der Waals surface area (Å²) < 4.78 is 1.07. The number of nitro groups is 1. The first-order chi connectivity index (χ1) is 13.5. The van der Waals surface area contributed by atoms with Gasteiger partial charge in [0.05, 0.1) is 34.6 Å².